The van der Waals surface area contributed by atoms with Crippen LogP contribution in [0.5, 0.6) is 0 Å². The molecule has 0 saturated heterocycles. The second kappa shape index (κ2) is 6.44. The Labute approximate surface area is 141 Å². The molecule has 1 aromatic carbocycles. The van der Waals surface area contributed by atoms with Gasteiger partial charge in [0, 0.05) is 6.20 Å². The average Bonchev–Trinajstić information content (AvgIpc) is 2.95. The number of halogens is 2. The molecule has 0 aliphatic rings. The molecule has 0 saturated carbocycles. The lowest BCUT2D eigenvalue weighted by molar-refractivity contribution is 0.102. The number of anilines is 1. The van der Waals surface area contributed by atoms with Crippen molar-refractivity contribution in [3.63, 3.8) is 0 Å². The number of carbonyl (C=O) groups is 1. The molecule has 4 nitrogen and oxygen atoms in total. The summed E-state index contributed by atoms with van der Waals surface area (Å²) in [6.45, 7) is 1.73. The molecular formula is C16H11ClFN3OS. The highest BCUT2D eigenvalue weighted by molar-refractivity contribution is 7.17. The summed E-state index contributed by atoms with van der Waals surface area (Å²) in [5, 5.41) is 3.12. The minimum atomic E-state index is -0.658. The first-order valence-electron chi connectivity index (χ1n) is 6.70. The highest BCUT2D eigenvalue weighted by Crippen LogP contribution is 2.28. The van der Waals surface area contributed by atoms with Gasteiger partial charge in [0.05, 0.1) is 22.1 Å². The Morgan fingerprint density at radius 2 is 2.09 bits per heavy atom. The van der Waals surface area contributed by atoms with Crippen molar-refractivity contribution in [3.8, 4) is 10.7 Å². The monoisotopic (exact) mass is 347 g/mol. The summed E-state index contributed by atoms with van der Waals surface area (Å²) in [6, 6.07) is 9.91. The molecule has 2 aromatic heterocycles. The third-order valence-electron chi connectivity index (χ3n) is 3.09. The molecule has 0 aliphatic heterocycles. The van der Waals surface area contributed by atoms with Crippen LogP contribution in [0.1, 0.15) is 15.4 Å². The predicted octanol–water partition coefficient (Wildman–Crippen LogP) is 4.56. The summed E-state index contributed by atoms with van der Waals surface area (Å²) in [4.78, 5) is 21.3. The fourth-order valence-corrected chi connectivity index (χ4v) is 3.10. The molecule has 0 aliphatic carbocycles. The summed E-state index contributed by atoms with van der Waals surface area (Å²) in [5.74, 6) is -1.09. The molecule has 7 heteroatoms. The fourth-order valence-electron chi connectivity index (χ4n) is 1.99. The smallest absolute Gasteiger partial charge is 0.267 e. The van der Waals surface area contributed by atoms with Crippen molar-refractivity contribution in [2.45, 2.75) is 6.92 Å². The lowest BCUT2D eigenvalue weighted by Crippen LogP contribution is -2.12. The van der Waals surface area contributed by atoms with E-state index in [-0.39, 0.29) is 10.7 Å². The predicted molar refractivity (Wildman–Crippen MR) is 89.4 cm³/mol. The fraction of sp³-hybridized carbons (Fsp3) is 0.0625. The first-order valence-corrected chi connectivity index (χ1v) is 7.90. The van der Waals surface area contributed by atoms with Gasteiger partial charge in [0.25, 0.3) is 5.91 Å². The molecule has 116 valence electrons. The standard InChI is InChI=1S/C16H11ClFN3OS/c1-9-14(23-16(20-9)12-6-2-3-8-19-12)15(22)21-11-7-4-5-10(17)13(11)18/h2-8H,1H3,(H,21,22). The van der Waals surface area contributed by atoms with Gasteiger partial charge in [-0.05, 0) is 31.2 Å². The number of amides is 1. The Kier molecular flexibility index (Phi) is 4.36. The van der Waals surface area contributed by atoms with E-state index in [0.717, 1.165) is 0 Å². The molecular weight excluding hydrogens is 337 g/mol. The lowest BCUT2D eigenvalue weighted by Gasteiger charge is -2.06. The van der Waals surface area contributed by atoms with E-state index in [9.17, 15) is 9.18 Å². The van der Waals surface area contributed by atoms with Crippen LogP contribution in [0.15, 0.2) is 42.6 Å². The number of rotatable bonds is 3. The number of aromatic nitrogens is 2. The van der Waals surface area contributed by atoms with Crippen LogP contribution in [-0.2, 0) is 0 Å². The van der Waals surface area contributed by atoms with Gasteiger partial charge in [-0.1, -0.05) is 23.7 Å². The van der Waals surface area contributed by atoms with Crippen molar-refractivity contribution in [1.82, 2.24) is 9.97 Å². The Morgan fingerprint density at radius 1 is 1.26 bits per heavy atom. The Bertz CT molecular complexity index is 867. The molecule has 3 rings (SSSR count). The largest absolute Gasteiger partial charge is 0.319 e. The van der Waals surface area contributed by atoms with Crippen molar-refractivity contribution >= 4 is 34.5 Å². The summed E-state index contributed by atoms with van der Waals surface area (Å²) in [6.07, 6.45) is 1.66. The molecule has 3 aromatic rings. The number of nitrogens with zero attached hydrogens (tertiary/aromatic N) is 2. The Hall–Kier alpha value is -2.31. The van der Waals surface area contributed by atoms with Gasteiger partial charge in [0.15, 0.2) is 5.82 Å². The van der Waals surface area contributed by atoms with Crippen LogP contribution >= 0.6 is 22.9 Å². The van der Waals surface area contributed by atoms with Crippen molar-refractivity contribution in [1.29, 1.82) is 0 Å². The highest BCUT2D eigenvalue weighted by Gasteiger charge is 2.18. The van der Waals surface area contributed by atoms with E-state index < -0.39 is 11.7 Å². The van der Waals surface area contributed by atoms with Crippen LogP contribution in [0.4, 0.5) is 10.1 Å². The number of pyridine rings is 1. The number of carbonyl (C=O) groups excluding carboxylic acids is 1. The van der Waals surface area contributed by atoms with Gasteiger partial charge in [0.2, 0.25) is 0 Å². The van der Waals surface area contributed by atoms with E-state index in [0.29, 0.717) is 21.3 Å². The Balaban J connectivity index is 1.89. The normalized spacial score (nSPS) is 10.6. The van der Waals surface area contributed by atoms with Gasteiger partial charge in [-0.3, -0.25) is 9.78 Å². The molecule has 1 amide bonds. The second-order valence-corrected chi connectivity index (χ2v) is 6.11. The first kappa shape index (κ1) is 15.6. The number of hydrogen-bond donors (Lipinski definition) is 1. The average molecular weight is 348 g/mol. The van der Waals surface area contributed by atoms with Gasteiger partial charge >= 0.3 is 0 Å². The molecule has 0 radical (unpaired) electrons. The lowest BCUT2D eigenvalue weighted by atomic mass is 10.3. The van der Waals surface area contributed by atoms with E-state index >= 15 is 0 Å². The van der Waals surface area contributed by atoms with E-state index in [1.165, 1.54) is 23.5 Å². The maximum absolute atomic E-state index is 13.9. The van der Waals surface area contributed by atoms with Crippen LogP contribution in [-0.4, -0.2) is 15.9 Å². The minimum absolute atomic E-state index is 0.0367. The SMILES string of the molecule is Cc1nc(-c2ccccn2)sc1C(=O)Nc1cccc(Cl)c1F. The number of benzene rings is 1. The van der Waals surface area contributed by atoms with E-state index in [1.54, 1.807) is 25.3 Å². The van der Waals surface area contributed by atoms with Gasteiger partial charge in [-0.2, -0.15) is 0 Å². The van der Waals surface area contributed by atoms with Crippen LogP contribution in [0.25, 0.3) is 10.7 Å². The molecule has 23 heavy (non-hydrogen) atoms. The van der Waals surface area contributed by atoms with Gasteiger partial charge in [-0.15, -0.1) is 11.3 Å². The van der Waals surface area contributed by atoms with Crippen LogP contribution in [0, 0.1) is 12.7 Å². The van der Waals surface area contributed by atoms with Crippen LogP contribution in [0.3, 0.4) is 0 Å². The third kappa shape index (κ3) is 3.23. The minimum Gasteiger partial charge on any atom is -0.319 e. The summed E-state index contributed by atoms with van der Waals surface area (Å²) >= 11 is 6.92. The zero-order valence-electron chi connectivity index (χ0n) is 12.0. The third-order valence-corrected chi connectivity index (χ3v) is 4.56. The quantitative estimate of drug-likeness (QED) is 0.755. The molecule has 1 N–H and O–H groups in total. The number of nitrogens with one attached hydrogen (secondary N) is 1. The van der Waals surface area contributed by atoms with Crippen LogP contribution < -0.4 is 5.32 Å². The van der Waals surface area contributed by atoms with Gasteiger partial charge in [-0.25, -0.2) is 9.37 Å². The number of aryl methyl sites for hydroxylation is 1. The topological polar surface area (TPSA) is 54.9 Å². The molecule has 0 fully saturated rings. The number of thiazole rings is 1. The maximum Gasteiger partial charge on any atom is 0.267 e. The zero-order chi connectivity index (χ0) is 16.4. The summed E-state index contributed by atoms with van der Waals surface area (Å²) in [5.41, 5.74) is 1.29. The highest BCUT2D eigenvalue weighted by atomic mass is 35.5. The molecule has 0 unspecified atom stereocenters. The zero-order valence-corrected chi connectivity index (χ0v) is 13.6. The van der Waals surface area contributed by atoms with Crippen molar-refractivity contribution in [2.24, 2.45) is 0 Å². The van der Waals surface area contributed by atoms with Crippen molar-refractivity contribution in [2.75, 3.05) is 5.32 Å². The van der Waals surface area contributed by atoms with Gasteiger partial charge in [0.1, 0.15) is 9.88 Å². The molecule has 0 spiro atoms. The number of hydrogen-bond acceptors (Lipinski definition) is 4. The van der Waals surface area contributed by atoms with Crippen molar-refractivity contribution < 1.29 is 9.18 Å². The van der Waals surface area contributed by atoms with Crippen molar-refractivity contribution in [3.05, 3.63) is 64.0 Å². The van der Waals surface area contributed by atoms with Crippen LogP contribution in [0.2, 0.25) is 5.02 Å². The summed E-state index contributed by atoms with van der Waals surface area (Å²) in [7, 11) is 0. The van der Waals surface area contributed by atoms with E-state index in [4.69, 9.17) is 11.6 Å². The summed E-state index contributed by atoms with van der Waals surface area (Å²) < 4.78 is 13.9. The van der Waals surface area contributed by atoms with Gasteiger partial charge < -0.3 is 5.32 Å². The molecule has 0 atom stereocenters. The van der Waals surface area contributed by atoms with E-state index in [1.807, 2.05) is 12.1 Å². The van der Waals surface area contributed by atoms with E-state index in [2.05, 4.69) is 15.3 Å². The maximum atomic E-state index is 13.9. The Morgan fingerprint density at radius 3 is 2.83 bits per heavy atom. The molecule has 2 heterocycles. The first-order chi connectivity index (χ1) is 11.1. The molecule has 0 bridgehead atoms. The second-order valence-electron chi connectivity index (χ2n) is 4.70.